The highest BCUT2D eigenvalue weighted by Crippen LogP contribution is 2.20. The first kappa shape index (κ1) is 10.7. The van der Waals surface area contributed by atoms with Crippen molar-refractivity contribution < 1.29 is 4.79 Å². The highest BCUT2D eigenvalue weighted by molar-refractivity contribution is 6.09. The number of hydrogen-bond acceptors (Lipinski definition) is 2. The Morgan fingerprint density at radius 2 is 2.06 bits per heavy atom. The number of nitrogens with two attached hydrogens (primary N) is 1. The minimum atomic E-state index is -0.0812. The smallest absolute Gasteiger partial charge is 0.225 e. The SMILES string of the molecule is Cc1cccc2cc(C(=O)c3cc(N)c[nH]3)[nH]c12. The van der Waals surface area contributed by atoms with E-state index in [2.05, 4.69) is 9.97 Å². The van der Waals surface area contributed by atoms with Gasteiger partial charge in [-0.1, -0.05) is 18.2 Å². The molecule has 2 heterocycles. The molecule has 0 bridgehead atoms. The molecular formula is C14H13N3O. The maximum Gasteiger partial charge on any atom is 0.225 e. The van der Waals surface area contributed by atoms with Crippen LogP contribution in [0.4, 0.5) is 5.69 Å². The Morgan fingerprint density at radius 3 is 2.72 bits per heavy atom. The zero-order chi connectivity index (χ0) is 12.7. The summed E-state index contributed by atoms with van der Waals surface area (Å²) < 4.78 is 0. The van der Waals surface area contributed by atoms with Gasteiger partial charge in [0.2, 0.25) is 5.78 Å². The Balaban J connectivity index is 2.10. The van der Waals surface area contributed by atoms with Crippen molar-refractivity contribution in [1.82, 2.24) is 9.97 Å². The second-order valence-electron chi connectivity index (χ2n) is 4.40. The van der Waals surface area contributed by atoms with Crippen molar-refractivity contribution in [1.29, 1.82) is 0 Å². The molecule has 0 unspecified atom stereocenters. The molecule has 18 heavy (non-hydrogen) atoms. The molecule has 0 amide bonds. The summed E-state index contributed by atoms with van der Waals surface area (Å²) in [7, 11) is 0. The van der Waals surface area contributed by atoms with Gasteiger partial charge in [-0.15, -0.1) is 0 Å². The van der Waals surface area contributed by atoms with Gasteiger partial charge in [-0.2, -0.15) is 0 Å². The Hall–Kier alpha value is -2.49. The summed E-state index contributed by atoms with van der Waals surface area (Å²) in [5.41, 5.74) is 9.35. The van der Waals surface area contributed by atoms with Crippen molar-refractivity contribution >= 4 is 22.4 Å². The van der Waals surface area contributed by atoms with Gasteiger partial charge in [0.15, 0.2) is 0 Å². The van der Waals surface area contributed by atoms with E-state index in [9.17, 15) is 4.79 Å². The Labute approximate surface area is 104 Å². The fraction of sp³-hybridized carbons (Fsp3) is 0.0714. The number of carbonyl (C=O) groups is 1. The van der Waals surface area contributed by atoms with E-state index < -0.39 is 0 Å². The number of fused-ring (bicyclic) bond motifs is 1. The summed E-state index contributed by atoms with van der Waals surface area (Å²) in [5, 5.41) is 1.04. The van der Waals surface area contributed by atoms with Crippen molar-refractivity contribution in [2.45, 2.75) is 6.92 Å². The van der Waals surface area contributed by atoms with Crippen molar-refractivity contribution in [3.63, 3.8) is 0 Å². The van der Waals surface area contributed by atoms with Crippen LogP contribution in [-0.2, 0) is 0 Å². The zero-order valence-electron chi connectivity index (χ0n) is 9.95. The van der Waals surface area contributed by atoms with E-state index >= 15 is 0 Å². The third-order valence-electron chi connectivity index (χ3n) is 3.06. The summed E-state index contributed by atoms with van der Waals surface area (Å²) in [5.74, 6) is -0.0812. The number of hydrogen-bond donors (Lipinski definition) is 3. The summed E-state index contributed by atoms with van der Waals surface area (Å²) in [6.07, 6.45) is 1.61. The molecule has 4 N–H and O–H groups in total. The number of anilines is 1. The molecule has 90 valence electrons. The summed E-state index contributed by atoms with van der Waals surface area (Å²) in [4.78, 5) is 18.3. The lowest BCUT2D eigenvalue weighted by atomic mass is 10.1. The van der Waals surface area contributed by atoms with Crippen LogP contribution in [0.1, 0.15) is 21.7 Å². The molecule has 0 fully saturated rings. The second kappa shape index (κ2) is 3.77. The Bertz CT molecular complexity index is 736. The number of aromatic amines is 2. The summed E-state index contributed by atoms with van der Waals surface area (Å²) in [6, 6.07) is 9.48. The van der Waals surface area contributed by atoms with E-state index in [0.29, 0.717) is 17.1 Å². The minimum absolute atomic E-state index is 0.0812. The highest BCUT2D eigenvalue weighted by Gasteiger charge is 2.14. The number of nitrogen functional groups attached to an aromatic ring is 1. The molecule has 4 heteroatoms. The quantitative estimate of drug-likeness (QED) is 0.601. The molecule has 0 radical (unpaired) electrons. The Kier molecular flexibility index (Phi) is 2.23. The average molecular weight is 239 g/mol. The summed E-state index contributed by atoms with van der Waals surface area (Å²) in [6.45, 7) is 2.01. The number of para-hydroxylation sites is 1. The van der Waals surface area contributed by atoms with Crippen LogP contribution in [0.2, 0.25) is 0 Å². The van der Waals surface area contributed by atoms with Crippen molar-refractivity contribution in [2.24, 2.45) is 0 Å². The molecule has 0 saturated carbocycles. The molecule has 1 aromatic carbocycles. The van der Waals surface area contributed by atoms with E-state index in [-0.39, 0.29) is 5.78 Å². The molecular weight excluding hydrogens is 226 g/mol. The van der Waals surface area contributed by atoms with Gasteiger partial charge in [-0.05, 0) is 24.6 Å². The molecule has 0 atom stereocenters. The minimum Gasteiger partial charge on any atom is -0.397 e. The van der Waals surface area contributed by atoms with Gasteiger partial charge >= 0.3 is 0 Å². The van der Waals surface area contributed by atoms with Crippen LogP contribution in [-0.4, -0.2) is 15.8 Å². The Morgan fingerprint density at radius 1 is 1.22 bits per heavy atom. The number of rotatable bonds is 2. The van der Waals surface area contributed by atoms with E-state index in [0.717, 1.165) is 16.5 Å². The largest absolute Gasteiger partial charge is 0.397 e. The van der Waals surface area contributed by atoms with E-state index in [1.807, 2.05) is 31.2 Å². The van der Waals surface area contributed by atoms with Gasteiger partial charge in [0, 0.05) is 22.8 Å². The molecule has 3 aromatic rings. The first-order valence-corrected chi connectivity index (χ1v) is 5.72. The second-order valence-corrected chi connectivity index (χ2v) is 4.40. The van der Waals surface area contributed by atoms with Crippen molar-refractivity contribution in [2.75, 3.05) is 5.73 Å². The fourth-order valence-electron chi connectivity index (χ4n) is 2.12. The van der Waals surface area contributed by atoms with Gasteiger partial charge in [0.1, 0.15) is 0 Å². The van der Waals surface area contributed by atoms with Gasteiger partial charge in [-0.3, -0.25) is 4.79 Å². The fourth-order valence-corrected chi connectivity index (χ4v) is 2.12. The van der Waals surface area contributed by atoms with Crippen LogP contribution >= 0.6 is 0 Å². The molecule has 3 rings (SSSR count). The predicted octanol–water partition coefficient (Wildman–Crippen LogP) is 2.62. The monoisotopic (exact) mass is 239 g/mol. The lowest BCUT2D eigenvalue weighted by Gasteiger charge is -1.94. The molecule has 0 saturated heterocycles. The van der Waals surface area contributed by atoms with Crippen LogP contribution in [0.15, 0.2) is 36.5 Å². The molecule has 0 aliphatic rings. The zero-order valence-corrected chi connectivity index (χ0v) is 9.95. The maximum absolute atomic E-state index is 12.2. The highest BCUT2D eigenvalue weighted by atomic mass is 16.1. The van der Waals surface area contributed by atoms with Gasteiger partial charge in [0.05, 0.1) is 11.4 Å². The van der Waals surface area contributed by atoms with Crippen LogP contribution in [0.5, 0.6) is 0 Å². The van der Waals surface area contributed by atoms with Gasteiger partial charge < -0.3 is 15.7 Å². The van der Waals surface area contributed by atoms with Gasteiger partial charge in [-0.25, -0.2) is 0 Å². The average Bonchev–Trinajstić information content (AvgIpc) is 2.95. The maximum atomic E-state index is 12.2. The lowest BCUT2D eigenvalue weighted by Crippen LogP contribution is -2.01. The number of aryl methyl sites for hydroxylation is 1. The first-order valence-electron chi connectivity index (χ1n) is 5.72. The molecule has 4 nitrogen and oxygen atoms in total. The molecule has 2 aromatic heterocycles. The number of carbonyl (C=O) groups excluding carboxylic acids is 1. The standard InChI is InChI=1S/C14H13N3O/c1-8-3-2-4-9-5-12(17-13(8)9)14(18)11-6-10(15)7-16-11/h2-7,16-17H,15H2,1H3. The number of nitrogens with one attached hydrogen (secondary N) is 2. The van der Waals surface area contributed by atoms with E-state index in [1.54, 1.807) is 12.3 Å². The number of aromatic nitrogens is 2. The van der Waals surface area contributed by atoms with Gasteiger partial charge in [0.25, 0.3) is 0 Å². The van der Waals surface area contributed by atoms with E-state index in [1.165, 1.54) is 0 Å². The molecule has 0 spiro atoms. The topological polar surface area (TPSA) is 74.7 Å². The first-order chi connectivity index (χ1) is 8.65. The van der Waals surface area contributed by atoms with Crippen LogP contribution < -0.4 is 5.73 Å². The van der Waals surface area contributed by atoms with Crippen LogP contribution in [0.3, 0.4) is 0 Å². The number of benzene rings is 1. The summed E-state index contributed by atoms with van der Waals surface area (Å²) >= 11 is 0. The van der Waals surface area contributed by atoms with Crippen molar-refractivity contribution in [3.05, 3.63) is 53.5 Å². The third kappa shape index (κ3) is 1.59. The van der Waals surface area contributed by atoms with Crippen molar-refractivity contribution in [3.8, 4) is 0 Å². The van der Waals surface area contributed by atoms with Crippen LogP contribution in [0, 0.1) is 6.92 Å². The van der Waals surface area contributed by atoms with E-state index in [4.69, 9.17) is 5.73 Å². The molecule has 0 aliphatic carbocycles. The number of H-pyrrole nitrogens is 2. The van der Waals surface area contributed by atoms with Crippen LogP contribution in [0.25, 0.3) is 10.9 Å². The third-order valence-corrected chi connectivity index (χ3v) is 3.06. The predicted molar refractivity (Wildman–Crippen MR) is 71.7 cm³/mol. The molecule has 0 aliphatic heterocycles. The number of ketones is 1. The lowest BCUT2D eigenvalue weighted by molar-refractivity contribution is 0.103. The normalized spacial score (nSPS) is 10.9.